The van der Waals surface area contributed by atoms with Gasteiger partial charge < -0.3 is 5.73 Å². The molecule has 1 aromatic carbocycles. The molecule has 0 spiro atoms. The van der Waals surface area contributed by atoms with E-state index in [0.717, 1.165) is 23.1 Å². The van der Waals surface area contributed by atoms with Crippen molar-refractivity contribution in [2.45, 2.75) is 13.3 Å². The van der Waals surface area contributed by atoms with Gasteiger partial charge in [0.15, 0.2) is 0 Å². The number of amidine groups is 1. The van der Waals surface area contributed by atoms with Crippen LogP contribution in [0.4, 0.5) is 0 Å². The average Bonchev–Trinajstić information content (AvgIpc) is 2.48. The molecule has 0 bridgehead atoms. The zero-order valence-electron chi connectivity index (χ0n) is 11.0. The Balaban J connectivity index is 2.33. The molecule has 2 rings (SSSR count). The molecule has 3 heteroatoms. The minimum atomic E-state index is 0.597. The van der Waals surface area contributed by atoms with Gasteiger partial charge in [-0.05, 0) is 29.3 Å². The fourth-order valence-corrected chi connectivity index (χ4v) is 1.74. The lowest BCUT2D eigenvalue weighted by atomic mass is 10.0. The van der Waals surface area contributed by atoms with Crippen molar-refractivity contribution in [1.29, 1.82) is 0 Å². The van der Waals surface area contributed by atoms with Crippen LogP contribution < -0.4 is 5.73 Å². The van der Waals surface area contributed by atoms with Crippen LogP contribution in [0.3, 0.4) is 0 Å². The number of aliphatic imine (C=N–C) groups is 1. The Labute approximate surface area is 113 Å². The van der Waals surface area contributed by atoms with Gasteiger partial charge >= 0.3 is 0 Å². The molecule has 1 aromatic heterocycles. The predicted octanol–water partition coefficient (Wildman–Crippen LogP) is 3.49. The third-order valence-electron chi connectivity index (χ3n) is 2.85. The summed E-state index contributed by atoms with van der Waals surface area (Å²) < 4.78 is 0. The molecule has 0 amide bonds. The normalized spacial score (nSPS) is 11.3. The smallest absolute Gasteiger partial charge is 0.0993 e. The number of hydrogen-bond donors (Lipinski definition) is 1. The number of hydrogen-bond acceptors (Lipinski definition) is 2. The highest BCUT2D eigenvalue weighted by Gasteiger charge is 2.02. The number of rotatable bonds is 4. The molecular formula is C16H17N3. The van der Waals surface area contributed by atoms with Gasteiger partial charge in [-0.25, -0.2) is 4.99 Å². The molecule has 96 valence electrons. The van der Waals surface area contributed by atoms with Crippen LogP contribution in [-0.4, -0.2) is 10.8 Å². The summed E-state index contributed by atoms with van der Waals surface area (Å²) in [5, 5.41) is 0. The molecule has 0 unspecified atom stereocenters. The molecule has 0 aliphatic heterocycles. The van der Waals surface area contributed by atoms with E-state index in [2.05, 4.69) is 28.7 Å². The molecule has 0 saturated heterocycles. The Hall–Kier alpha value is -2.42. The van der Waals surface area contributed by atoms with Crippen LogP contribution >= 0.6 is 0 Å². The molecule has 0 fully saturated rings. The highest BCUT2D eigenvalue weighted by atomic mass is 14.9. The summed E-state index contributed by atoms with van der Waals surface area (Å²) in [6.45, 7) is 5.94. The lowest BCUT2D eigenvalue weighted by Crippen LogP contribution is -2.09. The van der Waals surface area contributed by atoms with Gasteiger partial charge in [0.25, 0.3) is 0 Å². The summed E-state index contributed by atoms with van der Waals surface area (Å²) >= 11 is 0. The van der Waals surface area contributed by atoms with Crippen LogP contribution in [0, 0.1) is 0 Å². The summed E-state index contributed by atoms with van der Waals surface area (Å²) in [5.74, 6) is 0.597. The first-order chi connectivity index (χ1) is 9.20. The van der Waals surface area contributed by atoms with Crippen LogP contribution in [0.2, 0.25) is 0 Å². The number of nitrogens with zero attached hydrogens (tertiary/aromatic N) is 2. The molecule has 1 heterocycles. The highest BCUT2D eigenvalue weighted by Crippen LogP contribution is 2.23. The topological polar surface area (TPSA) is 51.3 Å². The Morgan fingerprint density at radius 1 is 1.21 bits per heavy atom. The third kappa shape index (κ3) is 3.28. The fourth-order valence-electron chi connectivity index (χ4n) is 1.74. The van der Waals surface area contributed by atoms with E-state index < -0.39 is 0 Å². The Bertz CT molecular complexity index is 600. The van der Waals surface area contributed by atoms with E-state index in [4.69, 9.17) is 5.73 Å². The number of pyridine rings is 1. The van der Waals surface area contributed by atoms with Gasteiger partial charge in [0.05, 0.1) is 11.5 Å². The van der Waals surface area contributed by atoms with E-state index in [1.807, 2.05) is 31.2 Å². The van der Waals surface area contributed by atoms with Crippen LogP contribution in [-0.2, 0) is 0 Å². The quantitative estimate of drug-likeness (QED) is 0.668. The minimum Gasteiger partial charge on any atom is -0.387 e. The van der Waals surface area contributed by atoms with E-state index >= 15 is 0 Å². The molecule has 0 aliphatic rings. The number of aromatic nitrogens is 1. The molecule has 19 heavy (non-hydrogen) atoms. The lowest BCUT2D eigenvalue weighted by molar-refractivity contribution is 1.24. The molecule has 0 atom stereocenters. The number of nitrogens with two attached hydrogens (primary N) is 1. The molecule has 3 nitrogen and oxygen atoms in total. The van der Waals surface area contributed by atoms with Gasteiger partial charge in [-0.1, -0.05) is 31.7 Å². The Morgan fingerprint density at radius 3 is 2.63 bits per heavy atom. The number of benzene rings is 1. The summed E-state index contributed by atoms with van der Waals surface area (Å²) in [7, 11) is 0. The van der Waals surface area contributed by atoms with Crippen molar-refractivity contribution in [3.63, 3.8) is 0 Å². The molecule has 2 aromatic rings. The summed E-state index contributed by atoms with van der Waals surface area (Å²) in [6.07, 6.45) is 4.29. The monoisotopic (exact) mass is 251 g/mol. The van der Waals surface area contributed by atoms with Gasteiger partial charge in [-0.3, -0.25) is 4.98 Å². The second kappa shape index (κ2) is 5.96. The van der Waals surface area contributed by atoms with Crippen LogP contribution in [0.1, 0.15) is 18.9 Å². The van der Waals surface area contributed by atoms with Gasteiger partial charge in [-0.2, -0.15) is 0 Å². The van der Waals surface area contributed by atoms with E-state index in [0.29, 0.717) is 11.5 Å². The minimum absolute atomic E-state index is 0.597. The fraction of sp³-hybridized carbons (Fsp3) is 0.125. The standard InChI is InChI=1S/C16H17N3/c1-3-16(17)19-12(2)14-5-4-6-15(11-14)13-7-9-18-10-8-13/h4-11H,2-3H2,1H3,(H2,17,19). The van der Waals surface area contributed by atoms with Crippen molar-refractivity contribution in [3.8, 4) is 11.1 Å². The molecular weight excluding hydrogens is 234 g/mol. The zero-order valence-corrected chi connectivity index (χ0v) is 11.0. The van der Waals surface area contributed by atoms with E-state index in [1.165, 1.54) is 0 Å². The SMILES string of the molecule is C=C(N=C(N)CC)c1cccc(-c2ccncc2)c1. The van der Waals surface area contributed by atoms with E-state index in [9.17, 15) is 0 Å². The van der Waals surface area contributed by atoms with Crippen molar-refractivity contribution in [1.82, 2.24) is 4.98 Å². The van der Waals surface area contributed by atoms with Crippen molar-refractivity contribution in [2.24, 2.45) is 10.7 Å². The second-order valence-corrected chi connectivity index (χ2v) is 4.22. The van der Waals surface area contributed by atoms with Crippen molar-refractivity contribution in [3.05, 3.63) is 60.9 Å². The lowest BCUT2D eigenvalue weighted by Gasteiger charge is -2.06. The van der Waals surface area contributed by atoms with E-state index in [1.54, 1.807) is 12.4 Å². The Morgan fingerprint density at radius 2 is 1.95 bits per heavy atom. The van der Waals surface area contributed by atoms with Crippen molar-refractivity contribution >= 4 is 11.5 Å². The van der Waals surface area contributed by atoms with Gasteiger partial charge in [0.2, 0.25) is 0 Å². The molecule has 0 aliphatic carbocycles. The van der Waals surface area contributed by atoms with Crippen LogP contribution in [0.5, 0.6) is 0 Å². The van der Waals surface area contributed by atoms with E-state index in [-0.39, 0.29) is 0 Å². The molecule has 2 N–H and O–H groups in total. The van der Waals surface area contributed by atoms with Crippen molar-refractivity contribution in [2.75, 3.05) is 0 Å². The third-order valence-corrected chi connectivity index (χ3v) is 2.85. The highest BCUT2D eigenvalue weighted by molar-refractivity contribution is 5.86. The predicted molar refractivity (Wildman–Crippen MR) is 80.6 cm³/mol. The molecule has 0 radical (unpaired) electrons. The van der Waals surface area contributed by atoms with Crippen LogP contribution in [0.25, 0.3) is 16.8 Å². The maximum absolute atomic E-state index is 5.74. The van der Waals surface area contributed by atoms with Crippen LogP contribution in [0.15, 0.2) is 60.4 Å². The maximum atomic E-state index is 5.74. The first kappa shape index (κ1) is 13.0. The maximum Gasteiger partial charge on any atom is 0.0993 e. The van der Waals surface area contributed by atoms with Crippen molar-refractivity contribution < 1.29 is 0 Å². The average molecular weight is 251 g/mol. The second-order valence-electron chi connectivity index (χ2n) is 4.22. The summed E-state index contributed by atoms with van der Waals surface area (Å²) in [4.78, 5) is 8.31. The summed E-state index contributed by atoms with van der Waals surface area (Å²) in [5.41, 5.74) is 9.65. The largest absolute Gasteiger partial charge is 0.387 e. The first-order valence-corrected chi connectivity index (χ1v) is 6.23. The Kier molecular flexibility index (Phi) is 4.08. The molecule has 0 saturated carbocycles. The zero-order chi connectivity index (χ0) is 13.7. The first-order valence-electron chi connectivity index (χ1n) is 6.23. The summed E-state index contributed by atoms with van der Waals surface area (Å²) in [6, 6.07) is 12.0. The van der Waals surface area contributed by atoms with Gasteiger partial charge in [-0.15, -0.1) is 0 Å². The van der Waals surface area contributed by atoms with Gasteiger partial charge in [0.1, 0.15) is 0 Å². The van der Waals surface area contributed by atoms with Gasteiger partial charge in [0, 0.05) is 24.4 Å².